The number of anilines is 1. The van der Waals surface area contributed by atoms with Gasteiger partial charge in [-0.3, -0.25) is 4.90 Å². The van der Waals surface area contributed by atoms with Crippen LogP contribution in [-0.4, -0.2) is 65.4 Å². The molecule has 1 aromatic heterocycles. The lowest BCUT2D eigenvalue weighted by molar-refractivity contribution is 0.00912. The zero-order valence-corrected chi connectivity index (χ0v) is 14.8. The molecule has 2 aromatic rings. The number of hydrogen-bond acceptors (Lipinski definition) is 6. The summed E-state index contributed by atoms with van der Waals surface area (Å²) in [4.78, 5) is 13.0. The minimum Gasteiger partial charge on any atom is -0.389 e. The number of benzene rings is 1. The van der Waals surface area contributed by atoms with Crippen LogP contribution in [0.3, 0.4) is 0 Å². The molecule has 134 valence electrons. The van der Waals surface area contributed by atoms with E-state index in [9.17, 15) is 5.11 Å². The van der Waals surface area contributed by atoms with E-state index in [-0.39, 0.29) is 0 Å². The zero-order chi connectivity index (χ0) is 17.5. The maximum absolute atomic E-state index is 10.2. The summed E-state index contributed by atoms with van der Waals surface area (Å²) in [5, 5.41) is 10.9. The first-order valence-electron chi connectivity index (χ1n) is 8.46. The van der Waals surface area contributed by atoms with Crippen LogP contribution in [0.1, 0.15) is 5.56 Å². The van der Waals surface area contributed by atoms with Crippen LogP contribution in [0.15, 0.2) is 42.7 Å². The molecule has 1 N–H and O–H groups in total. The molecule has 1 saturated heterocycles. The van der Waals surface area contributed by atoms with Gasteiger partial charge in [-0.05, 0) is 17.7 Å². The molecule has 0 unspecified atom stereocenters. The van der Waals surface area contributed by atoms with Gasteiger partial charge in [-0.25, -0.2) is 9.97 Å². The standard InChI is InChI=1S/C18H23ClN4O2/c19-17-5-2-1-4-15(17)13-25-14-16(24)12-22-8-10-23(11-9-22)18-20-6-3-7-21-18/h1-7,16,24H,8-14H2/t16-/m1/s1. The summed E-state index contributed by atoms with van der Waals surface area (Å²) in [6.45, 7) is 4.78. The second-order valence-electron chi connectivity index (χ2n) is 6.10. The second-order valence-corrected chi connectivity index (χ2v) is 6.50. The van der Waals surface area contributed by atoms with Crippen molar-refractivity contribution in [3.63, 3.8) is 0 Å². The molecule has 0 amide bonds. The molecule has 6 nitrogen and oxygen atoms in total. The minimum absolute atomic E-state index is 0.299. The molecule has 0 spiro atoms. The van der Waals surface area contributed by atoms with Gasteiger partial charge in [0.25, 0.3) is 0 Å². The third-order valence-electron chi connectivity index (χ3n) is 4.20. The highest BCUT2D eigenvalue weighted by Crippen LogP contribution is 2.16. The fraction of sp³-hybridized carbons (Fsp3) is 0.444. The molecule has 0 bridgehead atoms. The van der Waals surface area contributed by atoms with Gasteiger partial charge < -0.3 is 14.7 Å². The van der Waals surface area contributed by atoms with E-state index < -0.39 is 6.10 Å². The van der Waals surface area contributed by atoms with Gasteiger partial charge in [0.05, 0.1) is 19.3 Å². The van der Waals surface area contributed by atoms with Gasteiger partial charge in [-0.1, -0.05) is 29.8 Å². The van der Waals surface area contributed by atoms with Crippen molar-refractivity contribution in [2.75, 3.05) is 44.2 Å². The van der Waals surface area contributed by atoms with E-state index in [2.05, 4.69) is 19.8 Å². The molecule has 2 heterocycles. The average molecular weight is 363 g/mol. The van der Waals surface area contributed by atoms with Crippen LogP contribution in [0.2, 0.25) is 5.02 Å². The largest absolute Gasteiger partial charge is 0.389 e. The van der Waals surface area contributed by atoms with E-state index in [1.54, 1.807) is 12.4 Å². The highest BCUT2D eigenvalue weighted by atomic mass is 35.5. The Hall–Kier alpha value is -1.73. The number of aliphatic hydroxyl groups is 1. The number of piperazine rings is 1. The Kier molecular flexibility index (Phi) is 6.58. The number of aliphatic hydroxyl groups excluding tert-OH is 1. The normalized spacial score (nSPS) is 16.8. The second kappa shape index (κ2) is 9.10. The van der Waals surface area contributed by atoms with E-state index in [4.69, 9.17) is 16.3 Å². The molecule has 0 saturated carbocycles. The Balaban J connectivity index is 1.36. The number of aromatic nitrogens is 2. The fourth-order valence-electron chi connectivity index (χ4n) is 2.86. The molecular weight excluding hydrogens is 340 g/mol. The van der Waals surface area contributed by atoms with Crippen LogP contribution < -0.4 is 4.90 Å². The fourth-order valence-corrected chi connectivity index (χ4v) is 3.05. The summed E-state index contributed by atoms with van der Waals surface area (Å²) in [6, 6.07) is 9.41. The Labute approximate surface area is 153 Å². The van der Waals surface area contributed by atoms with Crippen molar-refractivity contribution in [2.24, 2.45) is 0 Å². The lowest BCUT2D eigenvalue weighted by atomic mass is 10.2. The minimum atomic E-state index is -0.512. The van der Waals surface area contributed by atoms with Crippen molar-refractivity contribution in [3.8, 4) is 0 Å². The van der Waals surface area contributed by atoms with E-state index in [0.29, 0.717) is 24.8 Å². The van der Waals surface area contributed by atoms with Gasteiger partial charge >= 0.3 is 0 Å². The van der Waals surface area contributed by atoms with Crippen LogP contribution >= 0.6 is 11.6 Å². The summed E-state index contributed by atoms with van der Waals surface area (Å²) in [6.07, 6.45) is 3.01. The van der Waals surface area contributed by atoms with Gasteiger partial charge in [0, 0.05) is 50.1 Å². The molecule has 0 aliphatic carbocycles. The van der Waals surface area contributed by atoms with Crippen molar-refractivity contribution >= 4 is 17.5 Å². The highest BCUT2D eigenvalue weighted by molar-refractivity contribution is 6.31. The molecule has 1 atom stereocenters. The van der Waals surface area contributed by atoms with E-state index in [1.165, 1.54) is 0 Å². The Morgan fingerprint density at radius 2 is 1.80 bits per heavy atom. The topological polar surface area (TPSA) is 61.7 Å². The van der Waals surface area contributed by atoms with Gasteiger partial charge in [-0.15, -0.1) is 0 Å². The molecule has 1 aromatic carbocycles. The molecule has 1 aliphatic rings. The van der Waals surface area contributed by atoms with E-state index >= 15 is 0 Å². The summed E-state index contributed by atoms with van der Waals surface area (Å²) >= 11 is 6.09. The third-order valence-corrected chi connectivity index (χ3v) is 4.57. The predicted octanol–water partition coefficient (Wildman–Crippen LogP) is 1.83. The Morgan fingerprint density at radius 3 is 2.52 bits per heavy atom. The Bertz CT molecular complexity index is 651. The summed E-state index contributed by atoms with van der Waals surface area (Å²) in [7, 11) is 0. The highest BCUT2D eigenvalue weighted by Gasteiger charge is 2.20. The number of rotatable bonds is 7. The number of nitrogens with zero attached hydrogens (tertiary/aromatic N) is 4. The lowest BCUT2D eigenvalue weighted by Gasteiger charge is -2.35. The number of halogens is 1. The average Bonchev–Trinajstić information content (AvgIpc) is 2.65. The van der Waals surface area contributed by atoms with Crippen LogP contribution in [0.25, 0.3) is 0 Å². The maximum Gasteiger partial charge on any atom is 0.225 e. The molecule has 1 aliphatic heterocycles. The SMILES string of the molecule is O[C@@H](COCc1ccccc1Cl)CN1CCN(c2ncccn2)CC1. The van der Waals surface area contributed by atoms with Crippen molar-refractivity contribution in [1.29, 1.82) is 0 Å². The van der Waals surface area contributed by atoms with Crippen molar-refractivity contribution < 1.29 is 9.84 Å². The smallest absolute Gasteiger partial charge is 0.225 e. The Morgan fingerprint density at radius 1 is 1.08 bits per heavy atom. The molecule has 1 fully saturated rings. The molecule has 3 rings (SSSR count). The molecule has 7 heteroatoms. The monoisotopic (exact) mass is 362 g/mol. The predicted molar refractivity (Wildman–Crippen MR) is 97.8 cm³/mol. The van der Waals surface area contributed by atoms with Crippen LogP contribution in [0.4, 0.5) is 5.95 Å². The molecular formula is C18H23ClN4O2. The molecule has 25 heavy (non-hydrogen) atoms. The summed E-state index contributed by atoms with van der Waals surface area (Å²) in [5.41, 5.74) is 0.938. The quantitative estimate of drug-likeness (QED) is 0.810. The van der Waals surface area contributed by atoms with E-state index in [0.717, 1.165) is 37.7 Å². The lowest BCUT2D eigenvalue weighted by Crippen LogP contribution is -2.49. The van der Waals surface area contributed by atoms with Gasteiger partial charge in [0.1, 0.15) is 0 Å². The van der Waals surface area contributed by atoms with Crippen molar-refractivity contribution in [2.45, 2.75) is 12.7 Å². The summed E-state index contributed by atoms with van der Waals surface area (Å²) in [5.74, 6) is 0.769. The third kappa shape index (κ3) is 5.37. The van der Waals surface area contributed by atoms with E-state index in [1.807, 2.05) is 30.3 Å². The van der Waals surface area contributed by atoms with Crippen LogP contribution in [0, 0.1) is 0 Å². The van der Waals surface area contributed by atoms with Gasteiger partial charge in [0.15, 0.2) is 0 Å². The first-order valence-corrected chi connectivity index (χ1v) is 8.83. The van der Waals surface area contributed by atoms with Crippen LogP contribution in [0.5, 0.6) is 0 Å². The van der Waals surface area contributed by atoms with Crippen LogP contribution in [-0.2, 0) is 11.3 Å². The zero-order valence-electron chi connectivity index (χ0n) is 14.1. The van der Waals surface area contributed by atoms with Gasteiger partial charge in [0.2, 0.25) is 5.95 Å². The van der Waals surface area contributed by atoms with Crippen molar-refractivity contribution in [3.05, 3.63) is 53.3 Å². The summed E-state index contributed by atoms with van der Waals surface area (Å²) < 4.78 is 5.60. The van der Waals surface area contributed by atoms with Gasteiger partial charge in [-0.2, -0.15) is 0 Å². The maximum atomic E-state index is 10.2. The first kappa shape index (κ1) is 18.1. The van der Waals surface area contributed by atoms with Crippen molar-refractivity contribution in [1.82, 2.24) is 14.9 Å². The number of β-amino-alcohol motifs (C(OH)–C–C–N with tert-alkyl or cyclic N) is 1. The first-order chi connectivity index (χ1) is 12.2. The number of ether oxygens (including phenoxy) is 1. The molecule has 0 radical (unpaired) electrons. The number of hydrogen-bond donors (Lipinski definition) is 1.